The second-order valence-corrected chi connectivity index (χ2v) is 5.73. The largest absolute Gasteiger partial charge is 0.496 e. The molecule has 6 heteroatoms. The highest BCUT2D eigenvalue weighted by atomic mass is 16.5. The first kappa shape index (κ1) is 18.1. The van der Waals surface area contributed by atoms with Gasteiger partial charge in [-0.1, -0.05) is 18.2 Å². The molecule has 1 fully saturated rings. The van der Waals surface area contributed by atoms with Crippen LogP contribution in [0.5, 0.6) is 5.75 Å². The molecule has 0 bridgehead atoms. The number of likely N-dealkylation sites (tertiary alicyclic amines) is 1. The maximum atomic E-state index is 11.8. The fraction of sp³-hybridized carbons (Fsp3) is 0.556. The number of methoxy groups -OCH3 is 1. The average molecular weight is 333 g/mol. The van der Waals surface area contributed by atoms with Crippen LogP contribution in [0.2, 0.25) is 0 Å². The predicted octanol–water partition coefficient (Wildman–Crippen LogP) is 2.05. The van der Waals surface area contributed by atoms with Crippen molar-refractivity contribution in [2.24, 2.45) is 10.9 Å². The van der Waals surface area contributed by atoms with Gasteiger partial charge < -0.3 is 19.7 Å². The van der Waals surface area contributed by atoms with Gasteiger partial charge in [-0.25, -0.2) is 0 Å². The lowest BCUT2D eigenvalue weighted by atomic mass is 9.97. The predicted molar refractivity (Wildman–Crippen MR) is 94.1 cm³/mol. The number of esters is 1. The minimum Gasteiger partial charge on any atom is -0.496 e. The molecule has 0 unspecified atom stereocenters. The highest BCUT2D eigenvalue weighted by Crippen LogP contribution is 2.20. The maximum absolute atomic E-state index is 11.8. The lowest BCUT2D eigenvalue weighted by Crippen LogP contribution is -2.46. The van der Waals surface area contributed by atoms with Crippen LogP contribution in [0.25, 0.3) is 0 Å². The number of aliphatic imine (C=N–C) groups is 1. The van der Waals surface area contributed by atoms with Gasteiger partial charge in [0.05, 0.1) is 19.6 Å². The fourth-order valence-corrected chi connectivity index (χ4v) is 2.94. The number of nitrogens with one attached hydrogen (secondary N) is 1. The molecule has 0 aliphatic carbocycles. The van der Waals surface area contributed by atoms with Crippen molar-refractivity contribution in [1.29, 1.82) is 0 Å². The molecule has 0 aromatic heterocycles. The number of benzene rings is 1. The number of hydrogen-bond donors (Lipinski definition) is 1. The molecule has 2 rings (SSSR count). The molecule has 1 aliphatic heterocycles. The summed E-state index contributed by atoms with van der Waals surface area (Å²) >= 11 is 0. The van der Waals surface area contributed by atoms with Crippen LogP contribution in [0, 0.1) is 5.92 Å². The van der Waals surface area contributed by atoms with Crippen molar-refractivity contribution in [3.63, 3.8) is 0 Å². The summed E-state index contributed by atoms with van der Waals surface area (Å²) in [5.41, 5.74) is 1.09. The Morgan fingerprint density at radius 2 is 2.04 bits per heavy atom. The first-order valence-corrected chi connectivity index (χ1v) is 8.43. The molecule has 1 aromatic carbocycles. The van der Waals surface area contributed by atoms with E-state index in [0.717, 1.165) is 43.2 Å². The molecule has 0 spiro atoms. The van der Waals surface area contributed by atoms with Crippen molar-refractivity contribution in [3.8, 4) is 5.75 Å². The van der Waals surface area contributed by atoms with Crippen molar-refractivity contribution < 1.29 is 14.3 Å². The SMILES string of the molecule is CCOC(=O)C1CCN(C(=NC)NCc2ccccc2OC)CC1. The van der Waals surface area contributed by atoms with Gasteiger partial charge in [-0.3, -0.25) is 9.79 Å². The van der Waals surface area contributed by atoms with E-state index < -0.39 is 0 Å². The number of piperidine rings is 1. The van der Waals surface area contributed by atoms with E-state index in [1.165, 1.54) is 0 Å². The van der Waals surface area contributed by atoms with Crippen molar-refractivity contribution >= 4 is 11.9 Å². The monoisotopic (exact) mass is 333 g/mol. The van der Waals surface area contributed by atoms with Crippen LogP contribution < -0.4 is 10.1 Å². The van der Waals surface area contributed by atoms with E-state index in [2.05, 4.69) is 15.2 Å². The Morgan fingerprint density at radius 3 is 2.67 bits per heavy atom. The number of carbonyl (C=O) groups is 1. The smallest absolute Gasteiger partial charge is 0.309 e. The first-order valence-electron chi connectivity index (χ1n) is 8.43. The summed E-state index contributed by atoms with van der Waals surface area (Å²) in [7, 11) is 3.45. The van der Waals surface area contributed by atoms with Crippen LogP contribution in [-0.4, -0.2) is 50.7 Å². The quantitative estimate of drug-likeness (QED) is 0.508. The van der Waals surface area contributed by atoms with E-state index in [-0.39, 0.29) is 11.9 Å². The number of rotatable bonds is 5. The van der Waals surface area contributed by atoms with E-state index in [1.807, 2.05) is 31.2 Å². The second kappa shape index (κ2) is 9.15. The van der Waals surface area contributed by atoms with Gasteiger partial charge in [0.2, 0.25) is 0 Å². The van der Waals surface area contributed by atoms with Crippen molar-refractivity contribution in [1.82, 2.24) is 10.2 Å². The lowest BCUT2D eigenvalue weighted by Gasteiger charge is -2.33. The van der Waals surface area contributed by atoms with Gasteiger partial charge >= 0.3 is 5.97 Å². The molecule has 1 saturated heterocycles. The van der Waals surface area contributed by atoms with Crippen molar-refractivity contribution in [2.75, 3.05) is 33.9 Å². The van der Waals surface area contributed by atoms with Crippen LogP contribution in [0.3, 0.4) is 0 Å². The average Bonchev–Trinajstić information content (AvgIpc) is 2.63. The third-order valence-corrected chi connectivity index (χ3v) is 4.26. The Balaban J connectivity index is 1.88. The topological polar surface area (TPSA) is 63.2 Å². The van der Waals surface area contributed by atoms with Crippen LogP contribution in [0.15, 0.2) is 29.3 Å². The summed E-state index contributed by atoms with van der Waals surface area (Å²) < 4.78 is 10.5. The van der Waals surface area contributed by atoms with Gasteiger partial charge in [0.25, 0.3) is 0 Å². The molecule has 0 saturated carbocycles. The summed E-state index contributed by atoms with van der Waals surface area (Å²) in [6.45, 7) is 4.54. The first-order chi connectivity index (χ1) is 11.7. The molecule has 0 radical (unpaired) electrons. The van der Waals surface area contributed by atoms with E-state index in [9.17, 15) is 4.79 Å². The Hall–Kier alpha value is -2.24. The molecule has 1 aromatic rings. The summed E-state index contributed by atoms with van der Waals surface area (Å²) in [6, 6.07) is 7.93. The summed E-state index contributed by atoms with van der Waals surface area (Å²) in [5, 5.41) is 3.38. The minimum absolute atomic E-state index is 0.00789. The number of guanidine groups is 1. The molecule has 0 amide bonds. The Bertz CT molecular complexity index is 566. The normalized spacial score (nSPS) is 16.0. The highest BCUT2D eigenvalue weighted by molar-refractivity contribution is 5.80. The number of nitrogens with zero attached hydrogens (tertiary/aromatic N) is 2. The molecule has 132 valence electrons. The van der Waals surface area contributed by atoms with Gasteiger partial charge in [-0.2, -0.15) is 0 Å². The molecule has 1 aliphatic rings. The Kier molecular flexibility index (Phi) is 6.90. The molecular formula is C18H27N3O3. The molecule has 24 heavy (non-hydrogen) atoms. The van der Waals surface area contributed by atoms with Crippen molar-refractivity contribution in [2.45, 2.75) is 26.3 Å². The molecule has 0 atom stereocenters. The van der Waals surface area contributed by atoms with Crippen LogP contribution in [0.4, 0.5) is 0 Å². The molecule has 1 heterocycles. The zero-order valence-electron chi connectivity index (χ0n) is 14.7. The number of hydrogen-bond acceptors (Lipinski definition) is 4. The fourth-order valence-electron chi connectivity index (χ4n) is 2.94. The van der Waals surface area contributed by atoms with Gasteiger partial charge in [0.1, 0.15) is 5.75 Å². The van der Waals surface area contributed by atoms with E-state index >= 15 is 0 Å². The van der Waals surface area contributed by atoms with Gasteiger partial charge in [-0.15, -0.1) is 0 Å². The lowest BCUT2D eigenvalue weighted by molar-refractivity contribution is -0.149. The van der Waals surface area contributed by atoms with E-state index in [4.69, 9.17) is 9.47 Å². The summed E-state index contributed by atoms with van der Waals surface area (Å²) in [6.07, 6.45) is 1.60. The summed E-state index contributed by atoms with van der Waals surface area (Å²) in [4.78, 5) is 18.4. The van der Waals surface area contributed by atoms with Crippen LogP contribution >= 0.6 is 0 Å². The zero-order valence-corrected chi connectivity index (χ0v) is 14.7. The Morgan fingerprint density at radius 1 is 1.33 bits per heavy atom. The zero-order chi connectivity index (χ0) is 17.4. The molecule has 1 N–H and O–H groups in total. The van der Waals surface area contributed by atoms with Crippen LogP contribution in [0.1, 0.15) is 25.3 Å². The molecule has 6 nitrogen and oxygen atoms in total. The Labute approximate surface area is 143 Å². The van der Waals surface area contributed by atoms with Gasteiger partial charge in [0.15, 0.2) is 5.96 Å². The standard InChI is InChI=1S/C18H27N3O3/c1-4-24-17(22)14-9-11-21(12-10-14)18(19-2)20-13-15-7-5-6-8-16(15)23-3/h5-8,14H,4,9-13H2,1-3H3,(H,19,20). The van der Waals surface area contributed by atoms with Crippen LogP contribution in [-0.2, 0) is 16.1 Å². The minimum atomic E-state index is -0.0749. The van der Waals surface area contributed by atoms with Gasteiger partial charge in [-0.05, 0) is 25.8 Å². The highest BCUT2D eigenvalue weighted by Gasteiger charge is 2.27. The van der Waals surface area contributed by atoms with Crippen molar-refractivity contribution in [3.05, 3.63) is 29.8 Å². The van der Waals surface area contributed by atoms with E-state index in [0.29, 0.717) is 13.2 Å². The van der Waals surface area contributed by atoms with E-state index in [1.54, 1.807) is 14.2 Å². The number of para-hydroxylation sites is 1. The second-order valence-electron chi connectivity index (χ2n) is 5.73. The number of carbonyl (C=O) groups excluding carboxylic acids is 1. The van der Waals surface area contributed by atoms with Gasteiger partial charge in [0, 0.05) is 32.2 Å². The number of ether oxygens (including phenoxy) is 2. The third kappa shape index (κ3) is 4.63. The molecular weight excluding hydrogens is 306 g/mol. The third-order valence-electron chi connectivity index (χ3n) is 4.26. The summed E-state index contributed by atoms with van der Waals surface area (Å²) in [5.74, 6) is 1.65. The maximum Gasteiger partial charge on any atom is 0.309 e.